The molecule has 1 aliphatic rings. The van der Waals surface area contributed by atoms with Crippen LogP contribution in [0, 0.1) is 0 Å². The van der Waals surface area contributed by atoms with Gasteiger partial charge < -0.3 is 15.0 Å². The highest BCUT2D eigenvalue weighted by atomic mass is 16.5. The monoisotopic (exact) mass is 249 g/mol. The molecular weight excluding hydrogens is 230 g/mol. The van der Waals surface area contributed by atoms with E-state index in [-0.39, 0.29) is 5.91 Å². The summed E-state index contributed by atoms with van der Waals surface area (Å²) >= 11 is 0. The zero-order valence-electron chi connectivity index (χ0n) is 10.8. The minimum Gasteiger partial charge on any atom is -0.368 e. The van der Waals surface area contributed by atoms with E-state index in [1.54, 1.807) is 31.5 Å². The number of hydrogen-bond acceptors (Lipinski definition) is 4. The summed E-state index contributed by atoms with van der Waals surface area (Å²) in [6.07, 6.45) is 4.78. The minimum absolute atomic E-state index is 0.000463. The van der Waals surface area contributed by atoms with Crippen molar-refractivity contribution in [2.24, 2.45) is 0 Å². The van der Waals surface area contributed by atoms with Gasteiger partial charge in [0.05, 0.1) is 11.9 Å². The highest BCUT2D eigenvalue weighted by Crippen LogP contribution is 2.26. The van der Waals surface area contributed by atoms with Gasteiger partial charge in [-0.2, -0.15) is 0 Å². The van der Waals surface area contributed by atoms with Crippen LogP contribution in [0.25, 0.3) is 0 Å². The smallest absolute Gasteiger partial charge is 0.259 e. The Labute approximate surface area is 107 Å². The Hall–Kier alpha value is -1.46. The average molecular weight is 249 g/mol. The third kappa shape index (κ3) is 2.37. The minimum atomic E-state index is -0.699. The first-order chi connectivity index (χ1) is 8.69. The predicted octanol–water partition coefficient (Wildman–Crippen LogP) is 0.813. The summed E-state index contributed by atoms with van der Waals surface area (Å²) in [4.78, 5) is 18.3. The molecule has 1 aromatic rings. The van der Waals surface area contributed by atoms with Gasteiger partial charge in [0.2, 0.25) is 0 Å². The van der Waals surface area contributed by atoms with Crippen LogP contribution in [0.1, 0.15) is 12.8 Å². The molecule has 1 aromatic heterocycles. The van der Waals surface area contributed by atoms with E-state index in [1.807, 2.05) is 12.1 Å². The highest BCUT2D eigenvalue weighted by Gasteiger charge is 2.41. The maximum Gasteiger partial charge on any atom is 0.259 e. The number of aromatic nitrogens is 1. The number of hydrogen-bond donors (Lipinski definition) is 1. The van der Waals surface area contributed by atoms with Crippen LogP contribution in [-0.4, -0.2) is 43.7 Å². The van der Waals surface area contributed by atoms with Gasteiger partial charge in [-0.15, -0.1) is 0 Å². The van der Waals surface area contributed by atoms with Crippen molar-refractivity contribution in [3.63, 3.8) is 0 Å². The number of nitrogens with one attached hydrogen (secondary N) is 1. The lowest BCUT2D eigenvalue weighted by molar-refractivity contribution is -0.143. The Balaban J connectivity index is 2.19. The van der Waals surface area contributed by atoms with E-state index in [0.29, 0.717) is 12.8 Å². The second kappa shape index (κ2) is 5.46. The highest BCUT2D eigenvalue weighted by molar-refractivity contribution is 5.99. The van der Waals surface area contributed by atoms with Gasteiger partial charge in [0.25, 0.3) is 5.91 Å². The molecule has 1 saturated heterocycles. The van der Waals surface area contributed by atoms with Crippen LogP contribution >= 0.6 is 0 Å². The quantitative estimate of drug-likeness (QED) is 0.861. The molecule has 0 radical (unpaired) electrons. The molecule has 1 amide bonds. The lowest BCUT2D eigenvalue weighted by Crippen LogP contribution is -2.54. The Bertz CT molecular complexity index is 402. The molecule has 0 bridgehead atoms. The third-order valence-corrected chi connectivity index (χ3v) is 3.53. The van der Waals surface area contributed by atoms with E-state index >= 15 is 0 Å². The topological polar surface area (TPSA) is 54.5 Å². The lowest BCUT2D eigenvalue weighted by atomic mass is 9.90. The van der Waals surface area contributed by atoms with Crippen molar-refractivity contribution in [1.29, 1.82) is 0 Å². The second-order valence-corrected chi connectivity index (χ2v) is 4.52. The van der Waals surface area contributed by atoms with Crippen LogP contribution in [0.2, 0.25) is 0 Å². The number of anilines is 1. The Kier molecular flexibility index (Phi) is 3.93. The number of nitrogens with zero attached hydrogens (tertiary/aromatic N) is 2. The van der Waals surface area contributed by atoms with Crippen molar-refractivity contribution < 1.29 is 9.53 Å². The normalized spacial score (nSPS) is 18.3. The molecular formula is C13H19N3O2. The van der Waals surface area contributed by atoms with E-state index in [2.05, 4.69) is 10.3 Å². The molecule has 1 aliphatic heterocycles. The second-order valence-electron chi connectivity index (χ2n) is 4.52. The molecule has 0 aromatic carbocycles. The standard InChI is InChI=1S/C13H19N3O2/c1-16(11-4-3-7-15-10-11)12(17)13(18-2)5-8-14-9-6-13/h3-4,7,10,14H,5-6,8-9H2,1-2H3. The molecule has 0 aliphatic carbocycles. The number of rotatable bonds is 3. The van der Waals surface area contributed by atoms with E-state index in [4.69, 9.17) is 4.74 Å². The van der Waals surface area contributed by atoms with Crippen molar-refractivity contribution in [3.8, 4) is 0 Å². The van der Waals surface area contributed by atoms with Gasteiger partial charge in [-0.3, -0.25) is 9.78 Å². The number of ether oxygens (including phenoxy) is 1. The number of likely N-dealkylation sites (N-methyl/N-ethyl adjacent to an activating group) is 1. The van der Waals surface area contributed by atoms with E-state index in [0.717, 1.165) is 18.8 Å². The zero-order chi connectivity index (χ0) is 13.0. The van der Waals surface area contributed by atoms with Gasteiger partial charge in [0.1, 0.15) is 5.60 Å². The van der Waals surface area contributed by atoms with E-state index in [9.17, 15) is 4.79 Å². The number of piperidine rings is 1. The first kappa shape index (κ1) is 13.0. The fourth-order valence-electron chi connectivity index (χ4n) is 2.31. The fourth-order valence-corrected chi connectivity index (χ4v) is 2.31. The Morgan fingerprint density at radius 2 is 2.22 bits per heavy atom. The molecule has 0 spiro atoms. The van der Waals surface area contributed by atoms with Crippen molar-refractivity contribution in [2.75, 3.05) is 32.1 Å². The average Bonchev–Trinajstić information content (AvgIpc) is 2.47. The van der Waals surface area contributed by atoms with Gasteiger partial charge in [-0.1, -0.05) is 0 Å². The number of methoxy groups -OCH3 is 1. The number of carbonyl (C=O) groups excluding carboxylic acids is 1. The van der Waals surface area contributed by atoms with Crippen molar-refractivity contribution in [1.82, 2.24) is 10.3 Å². The van der Waals surface area contributed by atoms with Crippen molar-refractivity contribution >= 4 is 11.6 Å². The lowest BCUT2D eigenvalue weighted by Gasteiger charge is -2.37. The molecule has 1 fully saturated rings. The summed E-state index contributed by atoms with van der Waals surface area (Å²) in [6.45, 7) is 1.61. The molecule has 0 unspecified atom stereocenters. The van der Waals surface area contributed by atoms with Crippen LogP contribution in [0.15, 0.2) is 24.5 Å². The number of amides is 1. The largest absolute Gasteiger partial charge is 0.368 e. The third-order valence-electron chi connectivity index (χ3n) is 3.53. The molecule has 98 valence electrons. The van der Waals surface area contributed by atoms with Crippen LogP contribution in [0.5, 0.6) is 0 Å². The molecule has 18 heavy (non-hydrogen) atoms. The molecule has 5 heteroatoms. The van der Waals surface area contributed by atoms with Gasteiger partial charge in [0.15, 0.2) is 0 Å². The molecule has 1 N–H and O–H groups in total. The molecule has 2 rings (SSSR count). The SMILES string of the molecule is COC1(C(=O)N(C)c2cccnc2)CCNCC1. The maximum atomic E-state index is 12.6. The first-order valence-electron chi connectivity index (χ1n) is 6.14. The summed E-state index contributed by atoms with van der Waals surface area (Å²) in [5, 5.41) is 3.24. The number of pyridine rings is 1. The van der Waals surface area contributed by atoms with Gasteiger partial charge in [-0.05, 0) is 38.1 Å². The molecule has 5 nitrogen and oxygen atoms in total. The maximum absolute atomic E-state index is 12.6. The summed E-state index contributed by atoms with van der Waals surface area (Å²) in [6, 6.07) is 3.69. The first-order valence-corrected chi connectivity index (χ1v) is 6.14. The summed E-state index contributed by atoms with van der Waals surface area (Å²) < 4.78 is 5.53. The summed E-state index contributed by atoms with van der Waals surface area (Å²) in [7, 11) is 3.38. The van der Waals surface area contributed by atoms with Crippen LogP contribution in [0.4, 0.5) is 5.69 Å². The van der Waals surface area contributed by atoms with Crippen LogP contribution < -0.4 is 10.2 Å². The summed E-state index contributed by atoms with van der Waals surface area (Å²) in [5.41, 5.74) is 0.0907. The van der Waals surface area contributed by atoms with Gasteiger partial charge >= 0.3 is 0 Å². The van der Waals surface area contributed by atoms with Crippen molar-refractivity contribution in [3.05, 3.63) is 24.5 Å². The van der Waals surface area contributed by atoms with Crippen molar-refractivity contribution in [2.45, 2.75) is 18.4 Å². The Morgan fingerprint density at radius 1 is 1.50 bits per heavy atom. The Morgan fingerprint density at radius 3 is 2.78 bits per heavy atom. The van der Waals surface area contributed by atoms with E-state index in [1.165, 1.54) is 0 Å². The molecule has 0 atom stereocenters. The zero-order valence-corrected chi connectivity index (χ0v) is 10.8. The predicted molar refractivity (Wildman–Crippen MR) is 69.5 cm³/mol. The summed E-state index contributed by atoms with van der Waals surface area (Å²) in [5.74, 6) is -0.000463. The van der Waals surface area contributed by atoms with Gasteiger partial charge in [0, 0.05) is 20.4 Å². The van der Waals surface area contributed by atoms with Gasteiger partial charge in [-0.25, -0.2) is 0 Å². The number of carbonyl (C=O) groups is 1. The van der Waals surface area contributed by atoms with Crippen LogP contribution in [0.3, 0.4) is 0 Å². The molecule has 2 heterocycles. The fraction of sp³-hybridized carbons (Fsp3) is 0.538. The molecule has 0 saturated carbocycles. The van der Waals surface area contributed by atoms with E-state index < -0.39 is 5.60 Å². The van der Waals surface area contributed by atoms with Crippen LogP contribution in [-0.2, 0) is 9.53 Å².